The van der Waals surface area contributed by atoms with Crippen molar-refractivity contribution in [2.75, 3.05) is 5.32 Å². The van der Waals surface area contributed by atoms with Crippen LogP contribution in [0.4, 0.5) is 9.93 Å². The van der Waals surface area contributed by atoms with Crippen molar-refractivity contribution < 1.29 is 19.1 Å². The summed E-state index contributed by atoms with van der Waals surface area (Å²) < 4.78 is 11.2. The second-order valence-electron chi connectivity index (χ2n) is 8.77. The summed E-state index contributed by atoms with van der Waals surface area (Å²) in [5, 5.41) is 5.95. The summed E-state index contributed by atoms with van der Waals surface area (Å²) in [6.45, 7) is 7.70. The molecule has 2 N–H and O–H groups in total. The number of nitrogens with zero attached hydrogens (tertiary/aromatic N) is 1. The third-order valence-electron chi connectivity index (χ3n) is 4.74. The summed E-state index contributed by atoms with van der Waals surface area (Å²) in [5.41, 5.74) is 1.37. The predicted octanol–water partition coefficient (Wildman–Crippen LogP) is 6.02. The molecule has 0 aliphatic carbocycles. The van der Waals surface area contributed by atoms with E-state index in [2.05, 4.69) is 15.6 Å². The van der Waals surface area contributed by atoms with Crippen molar-refractivity contribution in [2.45, 2.75) is 58.8 Å². The average Bonchev–Trinajstić information content (AvgIpc) is 3.25. The van der Waals surface area contributed by atoms with Gasteiger partial charge in [-0.2, -0.15) is 0 Å². The van der Waals surface area contributed by atoms with E-state index >= 15 is 0 Å². The molecule has 2 aromatic carbocycles. The first-order chi connectivity index (χ1) is 16.2. The van der Waals surface area contributed by atoms with E-state index in [4.69, 9.17) is 9.47 Å². The number of nitrogens with one attached hydrogen (secondary N) is 2. The molecule has 3 aromatic rings. The molecule has 2 amide bonds. The zero-order valence-electron chi connectivity index (χ0n) is 20.0. The minimum atomic E-state index is -0.709. The van der Waals surface area contributed by atoms with Gasteiger partial charge < -0.3 is 20.1 Å². The number of thiazole rings is 1. The fourth-order valence-corrected chi connectivity index (χ4v) is 4.10. The molecule has 1 heterocycles. The highest BCUT2D eigenvalue weighted by Gasteiger charge is 2.24. The van der Waals surface area contributed by atoms with Gasteiger partial charge in [0.25, 0.3) is 0 Å². The van der Waals surface area contributed by atoms with Gasteiger partial charge in [0.15, 0.2) is 5.13 Å². The van der Waals surface area contributed by atoms with Gasteiger partial charge in [-0.1, -0.05) is 67.1 Å². The van der Waals surface area contributed by atoms with E-state index in [0.29, 0.717) is 18.2 Å². The molecule has 34 heavy (non-hydrogen) atoms. The zero-order valence-corrected chi connectivity index (χ0v) is 20.8. The summed E-state index contributed by atoms with van der Waals surface area (Å²) >= 11 is 1.37. The molecular formula is C26H31N3O4S. The first-order valence-corrected chi connectivity index (χ1v) is 12.1. The number of hydrogen-bond donors (Lipinski definition) is 2. The highest BCUT2D eigenvalue weighted by molar-refractivity contribution is 7.19. The monoisotopic (exact) mass is 481 g/mol. The van der Waals surface area contributed by atoms with Crippen LogP contribution in [0.25, 0.3) is 10.4 Å². The minimum Gasteiger partial charge on any atom is -0.489 e. The van der Waals surface area contributed by atoms with E-state index in [1.165, 1.54) is 11.3 Å². The number of carbonyl (C=O) groups excluding carboxylic acids is 2. The molecule has 0 fully saturated rings. The maximum Gasteiger partial charge on any atom is 0.408 e. The van der Waals surface area contributed by atoms with E-state index in [1.54, 1.807) is 27.0 Å². The molecule has 8 heteroatoms. The molecular weight excluding hydrogens is 450 g/mol. The number of benzene rings is 2. The Kier molecular flexibility index (Phi) is 8.65. The van der Waals surface area contributed by atoms with Gasteiger partial charge in [0.05, 0.1) is 4.88 Å². The van der Waals surface area contributed by atoms with Gasteiger partial charge in [-0.3, -0.25) is 4.79 Å². The van der Waals surface area contributed by atoms with Crippen molar-refractivity contribution >= 4 is 28.5 Å². The SMILES string of the molecule is CCC[C@H](NC(=O)OC(C)(C)C)C(=O)Nc1ncc(-c2ccccc2COc2ccccc2)s1. The van der Waals surface area contributed by atoms with Crippen LogP contribution in [0, 0.1) is 0 Å². The van der Waals surface area contributed by atoms with Crippen molar-refractivity contribution in [3.8, 4) is 16.2 Å². The van der Waals surface area contributed by atoms with Gasteiger partial charge >= 0.3 is 6.09 Å². The minimum absolute atomic E-state index is 0.325. The van der Waals surface area contributed by atoms with Crippen molar-refractivity contribution in [3.05, 3.63) is 66.4 Å². The van der Waals surface area contributed by atoms with Crippen molar-refractivity contribution in [3.63, 3.8) is 0 Å². The Morgan fingerprint density at radius 2 is 1.76 bits per heavy atom. The zero-order chi connectivity index (χ0) is 24.6. The van der Waals surface area contributed by atoms with Crippen LogP contribution in [-0.2, 0) is 16.1 Å². The molecule has 0 saturated heterocycles. The van der Waals surface area contributed by atoms with Gasteiger partial charge in [0.1, 0.15) is 24.0 Å². The summed E-state index contributed by atoms with van der Waals surface area (Å²) in [6, 6.07) is 16.9. The lowest BCUT2D eigenvalue weighted by Gasteiger charge is -2.22. The molecule has 0 saturated carbocycles. The van der Waals surface area contributed by atoms with Crippen molar-refractivity contribution in [2.24, 2.45) is 0 Å². The Morgan fingerprint density at radius 3 is 2.47 bits per heavy atom. The lowest BCUT2D eigenvalue weighted by atomic mass is 10.1. The third-order valence-corrected chi connectivity index (χ3v) is 5.69. The van der Waals surface area contributed by atoms with E-state index in [1.807, 2.05) is 61.5 Å². The summed E-state index contributed by atoms with van der Waals surface area (Å²) in [7, 11) is 0. The first-order valence-electron chi connectivity index (χ1n) is 11.3. The lowest BCUT2D eigenvalue weighted by molar-refractivity contribution is -0.118. The molecule has 0 spiro atoms. The van der Waals surface area contributed by atoms with Crippen LogP contribution in [0.1, 0.15) is 46.1 Å². The number of hydrogen-bond acceptors (Lipinski definition) is 6. The maximum atomic E-state index is 12.8. The molecule has 180 valence electrons. The fraction of sp³-hybridized carbons (Fsp3) is 0.346. The van der Waals surface area contributed by atoms with Crippen LogP contribution in [0.3, 0.4) is 0 Å². The Hall–Kier alpha value is -3.39. The first kappa shape index (κ1) is 25.2. The predicted molar refractivity (Wildman–Crippen MR) is 135 cm³/mol. The topological polar surface area (TPSA) is 89.5 Å². The van der Waals surface area contributed by atoms with Crippen molar-refractivity contribution in [1.29, 1.82) is 0 Å². The normalized spacial score (nSPS) is 12.0. The highest BCUT2D eigenvalue weighted by Crippen LogP contribution is 2.32. The maximum absolute atomic E-state index is 12.8. The Morgan fingerprint density at radius 1 is 1.06 bits per heavy atom. The fourth-order valence-electron chi connectivity index (χ4n) is 3.22. The molecule has 0 bridgehead atoms. The van der Waals surface area contributed by atoms with E-state index < -0.39 is 17.7 Å². The Labute approximate surface area is 204 Å². The largest absolute Gasteiger partial charge is 0.489 e. The van der Waals surface area contributed by atoms with Gasteiger partial charge in [-0.15, -0.1) is 0 Å². The highest BCUT2D eigenvalue weighted by atomic mass is 32.1. The van der Waals surface area contributed by atoms with Crippen LogP contribution in [0.15, 0.2) is 60.8 Å². The van der Waals surface area contributed by atoms with E-state index in [-0.39, 0.29) is 5.91 Å². The second-order valence-corrected chi connectivity index (χ2v) is 9.80. The molecule has 7 nitrogen and oxygen atoms in total. The Balaban J connectivity index is 1.67. The van der Waals surface area contributed by atoms with Crippen LogP contribution in [0.2, 0.25) is 0 Å². The quantitative estimate of drug-likeness (QED) is 0.390. The molecule has 0 unspecified atom stereocenters. The summed E-state index contributed by atoms with van der Waals surface area (Å²) in [5.74, 6) is 0.475. The number of ether oxygens (including phenoxy) is 2. The number of aromatic nitrogens is 1. The van der Waals surface area contributed by atoms with Gasteiger partial charge in [0.2, 0.25) is 5.91 Å². The van der Waals surface area contributed by atoms with Gasteiger partial charge in [0, 0.05) is 6.20 Å². The summed E-state index contributed by atoms with van der Waals surface area (Å²) in [6.07, 6.45) is 2.33. The van der Waals surface area contributed by atoms with Crippen LogP contribution in [0.5, 0.6) is 5.75 Å². The standard InChI is InChI=1S/C26H31N3O4S/c1-5-11-21(28-25(31)33-26(2,3)4)23(30)29-24-27-16-22(34-24)20-15-10-9-12-18(20)17-32-19-13-7-6-8-14-19/h6-10,12-16,21H,5,11,17H2,1-4H3,(H,28,31)(H,27,29,30)/t21-/m0/s1. The van der Waals surface area contributed by atoms with Crippen LogP contribution < -0.4 is 15.4 Å². The number of anilines is 1. The molecule has 1 aromatic heterocycles. The number of carbonyl (C=O) groups is 2. The lowest BCUT2D eigenvalue weighted by Crippen LogP contribution is -2.45. The smallest absolute Gasteiger partial charge is 0.408 e. The number of rotatable bonds is 9. The number of amides is 2. The molecule has 1 atom stereocenters. The molecule has 0 aliphatic rings. The van der Waals surface area contributed by atoms with Gasteiger partial charge in [-0.25, -0.2) is 9.78 Å². The average molecular weight is 482 g/mol. The van der Waals surface area contributed by atoms with E-state index in [0.717, 1.165) is 28.2 Å². The second kappa shape index (κ2) is 11.7. The molecule has 0 aliphatic heterocycles. The summed E-state index contributed by atoms with van der Waals surface area (Å²) in [4.78, 5) is 30.3. The molecule has 0 radical (unpaired) electrons. The third kappa shape index (κ3) is 7.59. The Bertz CT molecular complexity index is 1090. The van der Waals surface area contributed by atoms with Gasteiger partial charge in [-0.05, 0) is 50.5 Å². The molecule has 3 rings (SSSR count). The van der Waals surface area contributed by atoms with Crippen molar-refractivity contribution in [1.82, 2.24) is 10.3 Å². The van der Waals surface area contributed by atoms with E-state index in [9.17, 15) is 9.59 Å². The number of para-hydroxylation sites is 1. The number of alkyl carbamates (subject to hydrolysis) is 1. The van der Waals surface area contributed by atoms with Crippen LogP contribution >= 0.6 is 11.3 Å². The van der Waals surface area contributed by atoms with Crippen LogP contribution in [-0.4, -0.2) is 28.6 Å².